The van der Waals surface area contributed by atoms with E-state index >= 15 is 0 Å². The van der Waals surface area contributed by atoms with Crippen LogP contribution in [0.1, 0.15) is 35.3 Å². The number of ether oxygens (including phenoxy) is 1. The predicted octanol–water partition coefficient (Wildman–Crippen LogP) is 3.55. The fraction of sp³-hybridized carbons (Fsp3) is 0.320. The van der Waals surface area contributed by atoms with Crippen LogP contribution in [0.25, 0.3) is 11.3 Å². The number of Topliss-reactive ketones (excluding diaryl/α,β-unsaturated/α-hetero) is 1. The van der Waals surface area contributed by atoms with Gasteiger partial charge in [-0.25, -0.2) is 4.98 Å². The smallest absolute Gasteiger partial charge is 0.252 e. The fourth-order valence-electron chi connectivity index (χ4n) is 3.74. The number of carbonyl (C=O) groups excluding carboxylic acids is 2. The molecule has 1 saturated carbocycles. The molecule has 0 radical (unpaired) electrons. The number of methoxy groups -OCH3 is 1. The molecule has 35 heavy (non-hydrogen) atoms. The number of primary amides is 1. The van der Waals surface area contributed by atoms with E-state index in [2.05, 4.69) is 20.3 Å². The average molecular weight is 494 g/mol. The summed E-state index contributed by atoms with van der Waals surface area (Å²) >= 11 is 0. The van der Waals surface area contributed by atoms with E-state index in [0.29, 0.717) is 52.4 Å². The van der Waals surface area contributed by atoms with E-state index in [-0.39, 0.29) is 17.3 Å². The molecule has 3 aromatic rings. The summed E-state index contributed by atoms with van der Waals surface area (Å²) in [5, 5.41) is 3.24. The maximum Gasteiger partial charge on any atom is 0.252 e. The van der Waals surface area contributed by atoms with Gasteiger partial charge in [0.25, 0.3) is 5.91 Å². The molecule has 0 unspecified atom stereocenters. The maximum absolute atomic E-state index is 12.3. The fourth-order valence-corrected chi connectivity index (χ4v) is 4.41. The van der Waals surface area contributed by atoms with Crippen molar-refractivity contribution in [1.29, 1.82) is 0 Å². The SMILES string of the molecule is COc1c(Nc2cc(CCC(=O)C3CC3)ncc2C(N)=O)cccc1-c1cnc(P(C)(C)=O)cn1. The Morgan fingerprint density at radius 3 is 2.49 bits per heavy atom. The van der Waals surface area contributed by atoms with Gasteiger partial charge in [0.1, 0.15) is 18.4 Å². The molecule has 2 heterocycles. The van der Waals surface area contributed by atoms with Gasteiger partial charge in [-0.05, 0) is 50.8 Å². The highest BCUT2D eigenvalue weighted by molar-refractivity contribution is 7.69. The lowest BCUT2D eigenvalue weighted by Gasteiger charge is -2.17. The summed E-state index contributed by atoms with van der Waals surface area (Å²) < 4.78 is 18.0. The second kappa shape index (κ2) is 9.96. The normalized spacial score (nSPS) is 13.3. The Balaban J connectivity index is 1.65. The molecule has 1 aromatic carbocycles. The summed E-state index contributed by atoms with van der Waals surface area (Å²) in [5.74, 6) is 0.316. The van der Waals surface area contributed by atoms with Crippen molar-refractivity contribution in [3.63, 3.8) is 0 Å². The van der Waals surface area contributed by atoms with E-state index in [9.17, 15) is 14.2 Å². The summed E-state index contributed by atoms with van der Waals surface area (Å²) in [6, 6.07) is 7.20. The largest absolute Gasteiger partial charge is 0.494 e. The van der Waals surface area contributed by atoms with Gasteiger partial charge in [0, 0.05) is 29.8 Å². The number of pyridine rings is 1. The van der Waals surface area contributed by atoms with Crippen LogP contribution in [0.2, 0.25) is 0 Å². The van der Waals surface area contributed by atoms with Crippen molar-refractivity contribution >= 4 is 35.6 Å². The van der Waals surface area contributed by atoms with Gasteiger partial charge in [-0.15, -0.1) is 0 Å². The number of ketones is 1. The van der Waals surface area contributed by atoms with Crippen LogP contribution in [0.3, 0.4) is 0 Å². The molecule has 0 atom stereocenters. The highest BCUT2D eigenvalue weighted by Crippen LogP contribution is 2.38. The second-order valence-corrected chi connectivity index (χ2v) is 12.1. The van der Waals surface area contributed by atoms with Crippen molar-refractivity contribution in [1.82, 2.24) is 15.0 Å². The Kier molecular flexibility index (Phi) is 6.98. The first-order valence-corrected chi connectivity index (χ1v) is 13.9. The zero-order valence-corrected chi connectivity index (χ0v) is 20.8. The summed E-state index contributed by atoms with van der Waals surface area (Å²) in [6.07, 6.45) is 7.35. The Labute approximate surface area is 203 Å². The van der Waals surface area contributed by atoms with Crippen LogP contribution in [0.15, 0.2) is 42.9 Å². The third-order valence-corrected chi connectivity index (χ3v) is 7.18. The maximum atomic E-state index is 12.3. The first-order valence-electron chi connectivity index (χ1n) is 11.3. The highest BCUT2D eigenvalue weighted by Gasteiger charge is 2.29. The summed E-state index contributed by atoms with van der Waals surface area (Å²) in [6.45, 7) is 3.28. The quantitative estimate of drug-likeness (QED) is 0.409. The van der Waals surface area contributed by atoms with E-state index in [1.807, 2.05) is 12.1 Å². The van der Waals surface area contributed by atoms with Crippen molar-refractivity contribution in [3.05, 3.63) is 54.1 Å². The van der Waals surface area contributed by atoms with Crippen LogP contribution in [0, 0.1) is 5.92 Å². The Morgan fingerprint density at radius 1 is 1.11 bits per heavy atom. The number of hydrogen-bond acceptors (Lipinski definition) is 8. The molecule has 1 aliphatic carbocycles. The number of para-hydroxylation sites is 1. The lowest BCUT2D eigenvalue weighted by atomic mass is 10.1. The molecular formula is C25H28N5O4P. The number of rotatable bonds is 10. The molecule has 1 aliphatic rings. The number of amides is 1. The van der Waals surface area contributed by atoms with E-state index < -0.39 is 13.0 Å². The number of anilines is 2. The molecule has 2 aromatic heterocycles. The first-order chi connectivity index (χ1) is 16.7. The van der Waals surface area contributed by atoms with Gasteiger partial charge in [-0.1, -0.05) is 6.07 Å². The van der Waals surface area contributed by atoms with E-state index in [1.54, 1.807) is 31.7 Å². The lowest BCUT2D eigenvalue weighted by molar-refractivity contribution is -0.120. The van der Waals surface area contributed by atoms with Gasteiger partial charge < -0.3 is 20.4 Å². The number of carbonyl (C=O) groups is 2. The summed E-state index contributed by atoms with van der Waals surface area (Å²) in [7, 11) is -0.990. The highest BCUT2D eigenvalue weighted by atomic mass is 31.2. The minimum Gasteiger partial charge on any atom is -0.494 e. The number of aryl methyl sites for hydroxylation is 1. The molecule has 0 spiro atoms. The minimum absolute atomic E-state index is 0.197. The van der Waals surface area contributed by atoms with Gasteiger partial charge in [-0.3, -0.25) is 19.6 Å². The van der Waals surface area contributed by atoms with Gasteiger partial charge in [0.2, 0.25) is 0 Å². The molecule has 3 N–H and O–H groups in total. The molecule has 10 heteroatoms. The van der Waals surface area contributed by atoms with Crippen molar-refractivity contribution < 1.29 is 18.9 Å². The van der Waals surface area contributed by atoms with Crippen molar-refractivity contribution in [3.8, 4) is 17.0 Å². The second-order valence-electron chi connectivity index (χ2n) is 8.95. The van der Waals surface area contributed by atoms with Crippen molar-refractivity contribution in [2.24, 2.45) is 11.7 Å². The number of nitrogens with zero attached hydrogens (tertiary/aromatic N) is 3. The molecule has 9 nitrogen and oxygen atoms in total. The van der Waals surface area contributed by atoms with E-state index in [0.717, 1.165) is 12.8 Å². The monoisotopic (exact) mass is 493 g/mol. The molecule has 0 saturated heterocycles. The van der Waals surface area contributed by atoms with Gasteiger partial charge >= 0.3 is 0 Å². The standard InChI is InChI=1S/C25H28N5O4P/c1-34-24-17(21-13-29-23(14-28-21)35(2,3)33)5-4-6-19(24)30-20-11-16(27-12-18(20)25(26)32)9-10-22(31)15-7-8-15/h4-6,11-15H,7-10H2,1-3H3,(H2,26,32)(H,27,30). The number of nitrogens with one attached hydrogen (secondary N) is 1. The van der Waals surface area contributed by atoms with Gasteiger partial charge in [0.05, 0.1) is 42.1 Å². The number of hydrogen-bond donors (Lipinski definition) is 2. The van der Waals surface area contributed by atoms with Crippen LogP contribution >= 0.6 is 7.14 Å². The van der Waals surface area contributed by atoms with Crippen LogP contribution in [0.5, 0.6) is 5.75 Å². The zero-order valence-electron chi connectivity index (χ0n) is 19.9. The minimum atomic E-state index is -2.53. The van der Waals surface area contributed by atoms with Crippen LogP contribution in [0.4, 0.5) is 11.4 Å². The third-order valence-electron chi connectivity index (χ3n) is 5.84. The van der Waals surface area contributed by atoms with Crippen molar-refractivity contribution in [2.75, 3.05) is 25.8 Å². The first kappa shape index (κ1) is 24.5. The molecule has 1 fully saturated rings. The van der Waals surface area contributed by atoms with E-state index in [1.165, 1.54) is 19.5 Å². The molecule has 0 aliphatic heterocycles. The molecule has 0 bridgehead atoms. The number of benzene rings is 1. The zero-order chi connectivity index (χ0) is 25.2. The molecular weight excluding hydrogens is 465 g/mol. The third kappa shape index (κ3) is 5.74. The predicted molar refractivity (Wildman–Crippen MR) is 135 cm³/mol. The van der Waals surface area contributed by atoms with E-state index in [4.69, 9.17) is 10.5 Å². The molecule has 4 rings (SSSR count). The number of nitrogens with two attached hydrogens (primary N) is 1. The topological polar surface area (TPSA) is 137 Å². The van der Waals surface area contributed by atoms with Crippen LogP contribution in [-0.2, 0) is 15.8 Å². The number of aromatic nitrogens is 3. The molecule has 1 amide bonds. The Bertz CT molecular complexity index is 1320. The van der Waals surface area contributed by atoms with Crippen LogP contribution < -0.4 is 21.2 Å². The van der Waals surface area contributed by atoms with Crippen LogP contribution in [-0.4, -0.2) is 47.1 Å². The van der Waals surface area contributed by atoms with Crippen molar-refractivity contribution in [2.45, 2.75) is 25.7 Å². The summed E-state index contributed by atoms with van der Waals surface area (Å²) in [5.41, 5.74) is 9.21. The Morgan fingerprint density at radius 2 is 1.89 bits per heavy atom. The van der Waals surface area contributed by atoms with Gasteiger partial charge in [0.15, 0.2) is 5.75 Å². The summed E-state index contributed by atoms with van der Waals surface area (Å²) in [4.78, 5) is 37.2. The molecule has 182 valence electrons. The lowest BCUT2D eigenvalue weighted by Crippen LogP contribution is -2.15. The van der Waals surface area contributed by atoms with Gasteiger partial charge in [-0.2, -0.15) is 0 Å². The average Bonchev–Trinajstić information content (AvgIpc) is 3.67. The Hall–Kier alpha value is -3.58.